The average molecular weight is 370 g/mol. The van der Waals surface area contributed by atoms with Gasteiger partial charge in [0.25, 0.3) is 0 Å². The van der Waals surface area contributed by atoms with Crippen LogP contribution < -0.4 is 5.32 Å². The van der Waals surface area contributed by atoms with E-state index in [1.54, 1.807) is 19.1 Å². The van der Waals surface area contributed by atoms with Crippen LogP contribution in [0.5, 0.6) is 0 Å². The minimum absolute atomic E-state index is 0.0760. The predicted octanol–water partition coefficient (Wildman–Crippen LogP) is 3.15. The summed E-state index contributed by atoms with van der Waals surface area (Å²) in [5.41, 5.74) is 1.38. The van der Waals surface area contributed by atoms with Crippen molar-refractivity contribution in [1.82, 2.24) is 10.2 Å². The smallest absolute Gasteiger partial charge is 0.394 e. The molecular weight excluding hydrogens is 353 g/mol. The fourth-order valence-electron chi connectivity index (χ4n) is 3.27. The number of para-hydroxylation sites is 1. The van der Waals surface area contributed by atoms with E-state index in [4.69, 9.17) is 9.52 Å². The third-order valence-corrected chi connectivity index (χ3v) is 4.66. The van der Waals surface area contributed by atoms with Crippen LogP contribution in [0.2, 0.25) is 0 Å². The second kappa shape index (κ2) is 6.54. The van der Waals surface area contributed by atoms with Gasteiger partial charge in [-0.3, -0.25) is 4.79 Å². The van der Waals surface area contributed by atoms with E-state index in [-0.39, 0.29) is 6.54 Å². The molecule has 0 radical (unpaired) electrons. The molecule has 1 aromatic carbocycles. The molecule has 1 aliphatic heterocycles. The third-order valence-electron chi connectivity index (χ3n) is 4.66. The van der Waals surface area contributed by atoms with Gasteiger partial charge in [0.05, 0.1) is 11.8 Å². The predicted molar refractivity (Wildman–Crippen MR) is 85.4 cm³/mol. The van der Waals surface area contributed by atoms with Gasteiger partial charge in [0.1, 0.15) is 11.3 Å². The highest BCUT2D eigenvalue weighted by Gasteiger charge is 2.53. The molecule has 1 aliphatic rings. The summed E-state index contributed by atoms with van der Waals surface area (Å²) >= 11 is 0. The Balaban J connectivity index is 1.70. The van der Waals surface area contributed by atoms with Crippen molar-refractivity contribution in [3.8, 4) is 0 Å². The molecule has 9 heteroatoms. The van der Waals surface area contributed by atoms with E-state index in [2.05, 4.69) is 5.32 Å². The first kappa shape index (κ1) is 18.1. The van der Waals surface area contributed by atoms with Crippen LogP contribution in [-0.4, -0.2) is 41.3 Å². The summed E-state index contributed by atoms with van der Waals surface area (Å²) in [6, 6.07) is 6.49. The number of urea groups is 1. The molecule has 6 nitrogen and oxygen atoms in total. The first-order chi connectivity index (χ1) is 12.2. The SMILES string of the molecule is Cc1oc2ccccc2c1CNC(=O)N1C[C@@H](C(F)(F)F)[C@H](C(=O)O)C1. The van der Waals surface area contributed by atoms with Gasteiger partial charge in [-0.2, -0.15) is 13.2 Å². The average Bonchev–Trinajstić information content (AvgIpc) is 3.13. The van der Waals surface area contributed by atoms with Gasteiger partial charge in [0.2, 0.25) is 0 Å². The number of fused-ring (bicyclic) bond motifs is 1. The van der Waals surface area contributed by atoms with E-state index >= 15 is 0 Å². The highest BCUT2D eigenvalue weighted by atomic mass is 19.4. The van der Waals surface area contributed by atoms with Gasteiger partial charge < -0.3 is 19.7 Å². The molecule has 2 amide bonds. The quantitative estimate of drug-likeness (QED) is 0.870. The number of aliphatic carboxylic acids is 1. The topological polar surface area (TPSA) is 82.8 Å². The first-order valence-electron chi connectivity index (χ1n) is 7.97. The fraction of sp³-hybridized carbons (Fsp3) is 0.412. The van der Waals surface area contributed by atoms with E-state index in [9.17, 15) is 22.8 Å². The van der Waals surface area contributed by atoms with Crippen molar-refractivity contribution in [1.29, 1.82) is 0 Å². The number of rotatable bonds is 3. The molecule has 2 heterocycles. The van der Waals surface area contributed by atoms with Crippen LogP contribution >= 0.6 is 0 Å². The second-order valence-corrected chi connectivity index (χ2v) is 6.29. The second-order valence-electron chi connectivity index (χ2n) is 6.29. The van der Waals surface area contributed by atoms with Gasteiger partial charge in [0, 0.05) is 30.6 Å². The van der Waals surface area contributed by atoms with Crippen molar-refractivity contribution >= 4 is 23.0 Å². The summed E-state index contributed by atoms with van der Waals surface area (Å²) in [5.74, 6) is -4.68. The summed E-state index contributed by atoms with van der Waals surface area (Å²) in [5, 5.41) is 12.4. The normalized spacial score (nSPS) is 20.5. The number of benzene rings is 1. The molecule has 26 heavy (non-hydrogen) atoms. The van der Waals surface area contributed by atoms with Crippen LogP contribution in [0.3, 0.4) is 0 Å². The van der Waals surface area contributed by atoms with Gasteiger partial charge in [-0.15, -0.1) is 0 Å². The lowest BCUT2D eigenvalue weighted by molar-refractivity contribution is -0.187. The van der Waals surface area contributed by atoms with Crippen molar-refractivity contribution in [3.05, 3.63) is 35.6 Å². The van der Waals surface area contributed by atoms with Gasteiger partial charge in [-0.05, 0) is 13.0 Å². The van der Waals surface area contributed by atoms with Gasteiger partial charge in [0.15, 0.2) is 0 Å². The molecule has 2 aromatic rings. The van der Waals surface area contributed by atoms with E-state index in [1.165, 1.54) is 0 Å². The number of alkyl halides is 3. The largest absolute Gasteiger partial charge is 0.481 e. The number of likely N-dealkylation sites (tertiary alicyclic amines) is 1. The van der Waals surface area contributed by atoms with Crippen molar-refractivity contribution in [2.24, 2.45) is 11.8 Å². The maximum Gasteiger partial charge on any atom is 0.394 e. The Kier molecular flexibility index (Phi) is 4.55. The standard InChI is InChI=1S/C17H17F3N2O4/c1-9-11(10-4-2-3-5-14(10)26-9)6-21-16(25)22-7-12(15(23)24)13(8-22)17(18,19)20/h2-5,12-13H,6-8H2,1H3,(H,21,25)(H,23,24)/t12-,13-/m1/s1. The van der Waals surface area contributed by atoms with Gasteiger partial charge >= 0.3 is 18.2 Å². The molecule has 0 bridgehead atoms. The fourth-order valence-corrected chi connectivity index (χ4v) is 3.27. The maximum atomic E-state index is 13.0. The number of carbonyl (C=O) groups excluding carboxylic acids is 1. The zero-order valence-electron chi connectivity index (χ0n) is 13.8. The number of aryl methyl sites for hydroxylation is 1. The molecule has 1 saturated heterocycles. The monoisotopic (exact) mass is 370 g/mol. The highest BCUT2D eigenvalue weighted by molar-refractivity contribution is 5.83. The Hall–Kier alpha value is -2.71. The van der Waals surface area contributed by atoms with E-state index in [0.717, 1.165) is 15.8 Å². The number of halogens is 3. The number of nitrogens with one attached hydrogen (secondary N) is 1. The number of furan rings is 1. The lowest BCUT2D eigenvalue weighted by atomic mass is 9.96. The van der Waals surface area contributed by atoms with Crippen molar-refractivity contribution in [2.75, 3.05) is 13.1 Å². The van der Waals surface area contributed by atoms with Gasteiger partial charge in [-0.1, -0.05) is 18.2 Å². The van der Waals surface area contributed by atoms with E-state index in [0.29, 0.717) is 11.3 Å². The van der Waals surface area contributed by atoms with Crippen molar-refractivity contribution in [3.63, 3.8) is 0 Å². The van der Waals surface area contributed by atoms with Crippen LogP contribution in [0.4, 0.5) is 18.0 Å². The lowest BCUT2D eigenvalue weighted by Gasteiger charge is -2.18. The van der Waals surface area contributed by atoms with Crippen LogP contribution in [0, 0.1) is 18.8 Å². The molecule has 0 spiro atoms. The zero-order valence-corrected chi connectivity index (χ0v) is 13.8. The molecule has 0 aliphatic carbocycles. The van der Waals surface area contributed by atoms with Crippen molar-refractivity contribution in [2.45, 2.75) is 19.6 Å². The van der Waals surface area contributed by atoms with Crippen molar-refractivity contribution < 1.29 is 32.3 Å². The molecular formula is C17H17F3N2O4. The Morgan fingerprint density at radius 3 is 2.62 bits per heavy atom. The number of hydrogen-bond acceptors (Lipinski definition) is 3. The maximum absolute atomic E-state index is 13.0. The Bertz CT molecular complexity index is 846. The Morgan fingerprint density at radius 1 is 1.31 bits per heavy atom. The first-order valence-corrected chi connectivity index (χ1v) is 7.97. The zero-order chi connectivity index (χ0) is 19.1. The van der Waals surface area contributed by atoms with Crippen LogP contribution in [0.15, 0.2) is 28.7 Å². The summed E-state index contributed by atoms with van der Waals surface area (Å²) in [7, 11) is 0. The number of hydrogen-bond donors (Lipinski definition) is 2. The number of carboxylic acid groups (broad SMARTS) is 1. The van der Waals surface area contributed by atoms with Crippen LogP contribution in [0.25, 0.3) is 11.0 Å². The Morgan fingerprint density at radius 2 is 2.00 bits per heavy atom. The molecule has 0 saturated carbocycles. The summed E-state index contributed by atoms with van der Waals surface area (Å²) in [6.07, 6.45) is -4.67. The third kappa shape index (κ3) is 3.33. The molecule has 3 rings (SSSR count). The number of amides is 2. The van der Waals surface area contributed by atoms with E-state index < -0.39 is 43.1 Å². The molecule has 1 aromatic heterocycles. The summed E-state index contributed by atoms with van der Waals surface area (Å²) < 4.78 is 44.6. The minimum atomic E-state index is -4.67. The van der Waals surface area contributed by atoms with Crippen LogP contribution in [-0.2, 0) is 11.3 Å². The summed E-state index contributed by atoms with van der Waals surface area (Å²) in [6.45, 7) is 0.665. The molecule has 140 valence electrons. The lowest BCUT2D eigenvalue weighted by Crippen LogP contribution is -2.39. The highest BCUT2D eigenvalue weighted by Crippen LogP contribution is 2.37. The molecule has 1 fully saturated rings. The molecule has 2 atom stereocenters. The molecule has 2 N–H and O–H groups in total. The number of nitrogens with zero attached hydrogens (tertiary/aromatic N) is 1. The van der Waals surface area contributed by atoms with Gasteiger partial charge in [-0.25, -0.2) is 4.79 Å². The molecule has 0 unspecified atom stereocenters. The minimum Gasteiger partial charge on any atom is -0.481 e. The Labute approximate surface area is 146 Å². The van der Waals surface area contributed by atoms with E-state index in [1.807, 2.05) is 12.1 Å². The van der Waals surface area contributed by atoms with Crippen LogP contribution in [0.1, 0.15) is 11.3 Å². The summed E-state index contributed by atoms with van der Waals surface area (Å²) in [4.78, 5) is 24.2. The number of carbonyl (C=O) groups is 2. The number of carboxylic acids is 1.